The van der Waals surface area contributed by atoms with Crippen molar-refractivity contribution in [2.45, 2.75) is 37.0 Å². The molecule has 0 aromatic carbocycles. The molecule has 0 aromatic heterocycles. The number of hydrogen-bond donors (Lipinski definition) is 3. The summed E-state index contributed by atoms with van der Waals surface area (Å²) in [6, 6.07) is -1.61. The third-order valence-corrected chi connectivity index (χ3v) is 4.38. The molecule has 0 aromatic rings. The highest BCUT2D eigenvalue weighted by Crippen LogP contribution is 2.25. The lowest BCUT2D eigenvalue weighted by Crippen LogP contribution is -2.47. The number of hydrogen-bond acceptors (Lipinski definition) is 5. The van der Waals surface area contributed by atoms with E-state index in [1.807, 2.05) is 0 Å². The molecule has 1 aliphatic rings. The molecular formula is C12H20N2O5S. The van der Waals surface area contributed by atoms with Gasteiger partial charge in [0.25, 0.3) is 0 Å². The van der Waals surface area contributed by atoms with E-state index in [1.165, 1.54) is 7.11 Å². The fraction of sp³-hybridized carbons (Fsp3) is 0.750. The summed E-state index contributed by atoms with van der Waals surface area (Å²) >= 11 is 1.81. The van der Waals surface area contributed by atoms with Crippen molar-refractivity contribution in [3.05, 3.63) is 0 Å². The summed E-state index contributed by atoms with van der Waals surface area (Å²) in [6.07, 6.45) is 2.17. The van der Waals surface area contributed by atoms with Crippen LogP contribution in [0.2, 0.25) is 0 Å². The maximum atomic E-state index is 11.6. The summed E-state index contributed by atoms with van der Waals surface area (Å²) in [6.45, 7) is 0.528. The van der Waals surface area contributed by atoms with Crippen molar-refractivity contribution in [2.75, 3.05) is 19.4 Å². The normalized spacial score (nSPS) is 19.1. The van der Waals surface area contributed by atoms with E-state index in [9.17, 15) is 14.4 Å². The van der Waals surface area contributed by atoms with Gasteiger partial charge in [0.15, 0.2) is 0 Å². The smallest absolute Gasteiger partial charge is 0.326 e. The maximum absolute atomic E-state index is 11.6. The van der Waals surface area contributed by atoms with Gasteiger partial charge in [-0.15, -0.1) is 0 Å². The van der Waals surface area contributed by atoms with Crippen molar-refractivity contribution in [1.82, 2.24) is 10.6 Å². The zero-order chi connectivity index (χ0) is 15.0. The summed E-state index contributed by atoms with van der Waals surface area (Å²) in [7, 11) is 1.23. The molecule has 1 rings (SSSR count). The zero-order valence-electron chi connectivity index (χ0n) is 11.4. The Balaban J connectivity index is 2.30. The Morgan fingerprint density at radius 2 is 2.20 bits per heavy atom. The van der Waals surface area contributed by atoms with Gasteiger partial charge in [-0.2, -0.15) is 11.8 Å². The highest BCUT2D eigenvalue weighted by molar-refractivity contribution is 8.00. The first-order chi connectivity index (χ1) is 9.52. The third-order valence-electron chi connectivity index (χ3n) is 2.98. The largest absolute Gasteiger partial charge is 0.480 e. The van der Waals surface area contributed by atoms with E-state index in [0.717, 1.165) is 18.6 Å². The van der Waals surface area contributed by atoms with Gasteiger partial charge in [-0.25, -0.2) is 9.59 Å². The minimum Gasteiger partial charge on any atom is -0.480 e. The number of rotatable bonds is 7. The van der Waals surface area contributed by atoms with Crippen LogP contribution in [0.25, 0.3) is 0 Å². The Morgan fingerprint density at radius 3 is 2.75 bits per heavy atom. The summed E-state index contributed by atoms with van der Waals surface area (Å²) in [5.74, 6) is -0.565. The van der Waals surface area contributed by atoms with Crippen molar-refractivity contribution < 1.29 is 24.2 Å². The van der Waals surface area contributed by atoms with E-state index in [-0.39, 0.29) is 12.8 Å². The fourth-order valence-corrected chi connectivity index (χ4v) is 3.04. The Labute approximate surface area is 121 Å². The molecule has 1 saturated heterocycles. The summed E-state index contributed by atoms with van der Waals surface area (Å²) in [4.78, 5) is 33.6. The number of nitrogens with one attached hydrogen (secondary N) is 2. The Hall–Kier alpha value is -1.44. The minimum absolute atomic E-state index is 0.00754. The number of amides is 2. The monoisotopic (exact) mass is 304 g/mol. The van der Waals surface area contributed by atoms with Crippen LogP contribution in [0.5, 0.6) is 0 Å². The van der Waals surface area contributed by atoms with Gasteiger partial charge in [-0.05, 0) is 25.0 Å². The van der Waals surface area contributed by atoms with Crippen LogP contribution in [0.15, 0.2) is 0 Å². The minimum atomic E-state index is -1.17. The van der Waals surface area contributed by atoms with Gasteiger partial charge < -0.3 is 20.5 Å². The average Bonchev–Trinajstić information content (AvgIpc) is 2.93. The molecular weight excluding hydrogens is 284 g/mol. The van der Waals surface area contributed by atoms with E-state index in [4.69, 9.17) is 5.11 Å². The summed E-state index contributed by atoms with van der Waals surface area (Å²) < 4.78 is 4.44. The number of ether oxygens (including phenoxy) is 1. The first-order valence-corrected chi connectivity index (χ1v) is 7.53. The van der Waals surface area contributed by atoms with Gasteiger partial charge in [-0.1, -0.05) is 0 Å². The average molecular weight is 304 g/mol. The first-order valence-electron chi connectivity index (χ1n) is 6.48. The Morgan fingerprint density at radius 1 is 1.45 bits per heavy atom. The molecule has 0 radical (unpaired) electrons. The number of aliphatic carboxylic acids is 1. The number of carboxylic acids is 1. The van der Waals surface area contributed by atoms with Gasteiger partial charge in [0, 0.05) is 18.2 Å². The summed E-state index contributed by atoms with van der Waals surface area (Å²) in [5, 5.41) is 14.4. The predicted octanol–water partition coefficient (Wildman–Crippen LogP) is 0.588. The van der Waals surface area contributed by atoms with Crippen molar-refractivity contribution in [3.8, 4) is 0 Å². The second-order valence-corrected chi connectivity index (χ2v) is 5.90. The van der Waals surface area contributed by atoms with Crippen LogP contribution in [-0.2, 0) is 14.3 Å². The molecule has 114 valence electrons. The van der Waals surface area contributed by atoms with Crippen molar-refractivity contribution >= 4 is 29.7 Å². The van der Waals surface area contributed by atoms with Crippen molar-refractivity contribution in [3.63, 3.8) is 0 Å². The lowest BCUT2D eigenvalue weighted by Gasteiger charge is -2.16. The van der Waals surface area contributed by atoms with Gasteiger partial charge in [0.1, 0.15) is 6.04 Å². The molecule has 8 heteroatoms. The number of esters is 1. The van der Waals surface area contributed by atoms with Crippen LogP contribution < -0.4 is 10.6 Å². The van der Waals surface area contributed by atoms with E-state index in [0.29, 0.717) is 11.8 Å². The quantitative estimate of drug-likeness (QED) is 0.595. The molecule has 0 aliphatic carbocycles. The molecule has 2 atom stereocenters. The number of carbonyl (C=O) groups is 3. The molecule has 1 heterocycles. The first kappa shape index (κ1) is 16.6. The van der Waals surface area contributed by atoms with Crippen LogP contribution in [0.3, 0.4) is 0 Å². The topological polar surface area (TPSA) is 105 Å². The number of urea groups is 1. The SMILES string of the molecule is COC(=O)CC[C@H](NC(=O)NCC1CCCS1)C(=O)O. The second-order valence-electron chi connectivity index (χ2n) is 4.50. The molecule has 0 bridgehead atoms. The number of carboxylic acid groups (broad SMARTS) is 1. The number of methoxy groups -OCH3 is 1. The van der Waals surface area contributed by atoms with E-state index < -0.39 is 24.0 Å². The molecule has 1 unspecified atom stereocenters. The van der Waals surface area contributed by atoms with Gasteiger partial charge in [-0.3, -0.25) is 4.79 Å². The highest BCUT2D eigenvalue weighted by Gasteiger charge is 2.22. The van der Waals surface area contributed by atoms with Crippen LogP contribution >= 0.6 is 11.8 Å². The maximum Gasteiger partial charge on any atom is 0.326 e. The molecule has 0 saturated carbocycles. The number of carbonyl (C=O) groups excluding carboxylic acids is 2. The second kappa shape index (κ2) is 8.68. The van der Waals surface area contributed by atoms with Crippen molar-refractivity contribution in [1.29, 1.82) is 0 Å². The van der Waals surface area contributed by atoms with E-state index >= 15 is 0 Å². The van der Waals surface area contributed by atoms with Gasteiger partial charge in [0.05, 0.1) is 7.11 Å². The molecule has 3 N–H and O–H groups in total. The molecule has 1 fully saturated rings. The summed E-state index contributed by atoms with van der Waals surface area (Å²) in [5.41, 5.74) is 0. The van der Waals surface area contributed by atoms with Gasteiger partial charge in [0.2, 0.25) is 0 Å². The Kier molecular flexibility index (Phi) is 7.21. The van der Waals surface area contributed by atoms with Crippen LogP contribution in [0, 0.1) is 0 Å². The number of thioether (sulfide) groups is 1. The van der Waals surface area contributed by atoms with E-state index in [1.54, 1.807) is 11.8 Å². The van der Waals surface area contributed by atoms with Crippen LogP contribution in [0.1, 0.15) is 25.7 Å². The van der Waals surface area contributed by atoms with E-state index in [2.05, 4.69) is 15.4 Å². The Bertz CT molecular complexity index is 358. The van der Waals surface area contributed by atoms with Crippen LogP contribution in [0.4, 0.5) is 4.79 Å². The molecule has 2 amide bonds. The predicted molar refractivity (Wildman–Crippen MR) is 74.7 cm³/mol. The van der Waals surface area contributed by atoms with Crippen LogP contribution in [-0.4, -0.2) is 53.8 Å². The third kappa shape index (κ3) is 6.14. The zero-order valence-corrected chi connectivity index (χ0v) is 12.2. The molecule has 20 heavy (non-hydrogen) atoms. The standard InChI is InChI=1S/C12H20N2O5S/c1-19-10(15)5-4-9(11(16)17)14-12(18)13-7-8-3-2-6-20-8/h8-9H,2-7H2,1H3,(H,16,17)(H2,13,14,18)/t8?,9-/m0/s1. The molecule has 0 spiro atoms. The van der Waals surface area contributed by atoms with Crippen molar-refractivity contribution in [2.24, 2.45) is 0 Å². The molecule has 1 aliphatic heterocycles. The van der Waals surface area contributed by atoms with Gasteiger partial charge >= 0.3 is 18.0 Å². The molecule has 7 nitrogen and oxygen atoms in total. The lowest BCUT2D eigenvalue weighted by atomic mass is 10.1. The fourth-order valence-electron chi connectivity index (χ4n) is 1.84. The lowest BCUT2D eigenvalue weighted by molar-refractivity contribution is -0.142. The highest BCUT2D eigenvalue weighted by atomic mass is 32.2.